The SMILES string of the molecule is O=C1C2ON(c3ccccc3)C(/C=C/c3cccc(Cl)c3)C2C(=O)N1c1ccc(Cl)cc1. The number of fused-ring (bicyclic) bond motifs is 1. The minimum absolute atomic E-state index is 0.304. The van der Waals surface area contributed by atoms with Gasteiger partial charge in [-0.1, -0.05) is 65.7 Å². The van der Waals surface area contributed by atoms with Crippen molar-refractivity contribution in [1.29, 1.82) is 0 Å². The molecule has 2 aliphatic rings. The molecule has 3 atom stereocenters. The van der Waals surface area contributed by atoms with E-state index in [2.05, 4.69) is 0 Å². The Morgan fingerprint density at radius 2 is 1.53 bits per heavy atom. The van der Waals surface area contributed by atoms with E-state index in [1.807, 2.05) is 60.7 Å². The molecule has 160 valence electrons. The number of halogens is 2. The van der Waals surface area contributed by atoms with Crippen LogP contribution in [0.4, 0.5) is 11.4 Å². The number of carbonyl (C=O) groups is 2. The molecule has 7 heteroatoms. The summed E-state index contributed by atoms with van der Waals surface area (Å²) in [4.78, 5) is 33.9. The number of amides is 2. The van der Waals surface area contributed by atoms with Gasteiger partial charge in [0.2, 0.25) is 5.91 Å². The van der Waals surface area contributed by atoms with E-state index >= 15 is 0 Å². The number of para-hydroxylation sites is 1. The molecule has 0 radical (unpaired) electrons. The summed E-state index contributed by atoms with van der Waals surface area (Å²) in [5, 5.41) is 2.79. The quantitative estimate of drug-likeness (QED) is 0.486. The molecule has 3 aromatic carbocycles. The van der Waals surface area contributed by atoms with E-state index in [1.165, 1.54) is 4.90 Å². The molecule has 0 aromatic heterocycles. The van der Waals surface area contributed by atoms with Crippen LogP contribution >= 0.6 is 23.2 Å². The summed E-state index contributed by atoms with van der Waals surface area (Å²) < 4.78 is 0. The molecular weight excluding hydrogens is 447 g/mol. The lowest BCUT2D eigenvalue weighted by atomic mass is 9.95. The summed E-state index contributed by atoms with van der Waals surface area (Å²) >= 11 is 12.1. The van der Waals surface area contributed by atoms with Crippen molar-refractivity contribution in [3.05, 3.63) is 101 Å². The van der Waals surface area contributed by atoms with Gasteiger partial charge in [-0.05, 0) is 54.1 Å². The lowest BCUT2D eigenvalue weighted by Gasteiger charge is -2.26. The molecule has 5 nitrogen and oxygen atoms in total. The van der Waals surface area contributed by atoms with Gasteiger partial charge in [-0.15, -0.1) is 0 Å². The van der Waals surface area contributed by atoms with Gasteiger partial charge < -0.3 is 0 Å². The van der Waals surface area contributed by atoms with E-state index in [0.717, 1.165) is 11.3 Å². The first-order valence-corrected chi connectivity index (χ1v) is 10.9. The summed E-state index contributed by atoms with van der Waals surface area (Å²) in [5.74, 6) is -1.38. The van der Waals surface area contributed by atoms with Gasteiger partial charge in [0, 0.05) is 10.0 Å². The minimum Gasteiger partial charge on any atom is -0.273 e. The van der Waals surface area contributed by atoms with Gasteiger partial charge in [-0.25, -0.2) is 9.96 Å². The second-order valence-corrected chi connectivity index (χ2v) is 8.48. The molecular formula is C25H18Cl2N2O3. The predicted molar refractivity (Wildman–Crippen MR) is 126 cm³/mol. The maximum absolute atomic E-state index is 13.4. The van der Waals surface area contributed by atoms with Crippen LogP contribution in [0.3, 0.4) is 0 Å². The van der Waals surface area contributed by atoms with Crippen LogP contribution in [0.5, 0.6) is 0 Å². The second kappa shape index (κ2) is 8.43. The van der Waals surface area contributed by atoms with Gasteiger partial charge >= 0.3 is 0 Å². The van der Waals surface area contributed by atoms with Crippen LogP contribution < -0.4 is 9.96 Å². The van der Waals surface area contributed by atoms with Crippen molar-refractivity contribution in [3.8, 4) is 0 Å². The van der Waals surface area contributed by atoms with Gasteiger partial charge in [0.05, 0.1) is 17.4 Å². The molecule has 2 aliphatic heterocycles. The number of rotatable bonds is 4. The maximum Gasteiger partial charge on any atom is 0.266 e. The van der Waals surface area contributed by atoms with E-state index in [9.17, 15) is 9.59 Å². The Bertz CT molecular complexity index is 1200. The normalized spacial score (nSPS) is 22.8. The van der Waals surface area contributed by atoms with E-state index in [0.29, 0.717) is 15.7 Å². The zero-order valence-corrected chi connectivity index (χ0v) is 18.3. The van der Waals surface area contributed by atoms with Crippen LogP contribution in [-0.2, 0) is 14.4 Å². The van der Waals surface area contributed by atoms with Crippen molar-refractivity contribution < 1.29 is 14.4 Å². The number of nitrogens with zero attached hydrogens (tertiary/aromatic N) is 2. The van der Waals surface area contributed by atoms with E-state index in [-0.39, 0.29) is 11.8 Å². The first kappa shape index (κ1) is 20.8. The van der Waals surface area contributed by atoms with Gasteiger partial charge in [0.25, 0.3) is 5.91 Å². The molecule has 3 aromatic rings. The summed E-state index contributed by atoms with van der Waals surface area (Å²) in [5.41, 5.74) is 2.13. The molecule has 0 aliphatic carbocycles. The van der Waals surface area contributed by atoms with Crippen molar-refractivity contribution in [2.45, 2.75) is 12.1 Å². The Labute approximate surface area is 195 Å². The Kier molecular flexibility index (Phi) is 5.47. The zero-order chi connectivity index (χ0) is 22.2. The van der Waals surface area contributed by atoms with Crippen LogP contribution in [0.25, 0.3) is 6.08 Å². The van der Waals surface area contributed by atoms with Gasteiger partial charge in [-0.2, -0.15) is 0 Å². The van der Waals surface area contributed by atoms with Gasteiger partial charge in [-0.3, -0.25) is 14.4 Å². The van der Waals surface area contributed by atoms with E-state index in [4.69, 9.17) is 28.0 Å². The molecule has 32 heavy (non-hydrogen) atoms. The lowest BCUT2D eigenvalue weighted by Crippen LogP contribution is -2.39. The van der Waals surface area contributed by atoms with Crippen molar-refractivity contribution in [2.75, 3.05) is 9.96 Å². The third kappa shape index (κ3) is 3.69. The fraction of sp³-hybridized carbons (Fsp3) is 0.120. The Balaban J connectivity index is 1.52. The number of imide groups is 1. The van der Waals surface area contributed by atoms with E-state index < -0.39 is 18.1 Å². The van der Waals surface area contributed by atoms with Crippen LogP contribution in [0.2, 0.25) is 10.0 Å². The average molecular weight is 465 g/mol. The highest BCUT2D eigenvalue weighted by Crippen LogP contribution is 2.41. The largest absolute Gasteiger partial charge is 0.273 e. The fourth-order valence-corrected chi connectivity index (χ4v) is 4.44. The number of carbonyl (C=O) groups excluding carboxylic acids is 2. The highest BCUT2D eigenvalue weighted by molar-refractivity contribution is 6.31. The average Bonchev–Trinajstić information content (AvgIpc) is 3.29. The molecule has 0 bridgehead atoms. The molecule has 0 spiro atoms. The zero-order valence-electron chi connectivity index (χ0n) is 16.8. The highest BCUT2D eigenvalue weighted by Gasteiger charge is 2.59. The van der Waals surface area contributed by atoms with Crippen molar-refractivity contribution in [3.63, 3.8) is 0 Å². The molecule has 2 fully saturated rings. The second-order valence-electron chi connectivity index (χ2n) is 7.61. The summed E-state index contributed by atoms with van der Waals surface area (Å²) in [6.07, 6.45) is 2.87. The standard InChI is InChI=1S/C25H18Cl2N2O3/c26-17-10-12-19(13-11-17)28-24(30)22-21(14-9-16-5-4-6-18(27)15-16)29(32-23(22)25(28)31)20-7-2-1-3-8-20/h1-15,21-23H/b14-9+. The summed E-state index contributed by atoms with van der Waals surface area (Å²) in [6.45, 7) is 0. The smallest absolute Gasteiger partial charge is 0.266 e. The van der Waals surface area contributed by atoms with Crippen LogP contribution in [0.1, 0.15) is 5.56 Å². The summed E-state index contributed by atoms with van der Waals surface area (Å²) in [6, 6.07) is 23.0. The van der Waals surface area contributed by atoms with Crippen LogP contribution in [0, 0.1) is 5.92 Å². The van der Waals surface area contributed by atoms with E-state index in [1.54, 1.807) is 35.4 Å². The van der Waals surface area contributed by atoms with Gasteiger partial charge in [0.15, 0.2) is 6.10 Å². The monoisotopic (exact) mass is 464 g/mol. The fourth-order valence-electron chi connectivity index (χ4n) is 4.11. The number of anilines is 2. The Morgan fingerprint density at radius 3 is 2.25 bits per heavy atom. The molecule has 2 heterocycles. The minimum atomic E-state index is -0.910. The highest BCUT2D eigenvalue weighted by atomic mass is 35.5. The van der Waals surface area contributed by atoms with Crippen molar-refractivity contribution in [1.82, 2.24) is 0 Å². The maximum atomic E-state index is 13.4. The third-order valence-corrected chi connectivity index (χ3v) is 6.08. The first-order chi connectivity index (χ1) is 15.5. The molecule has 2 saturated heterocycles. The topological polar surface area (TPSA) is 49.9 Å². The number of hydrogen-bond donors (Lipinski definition) is 0. The van der Waals surface area contributed by atoms with Crippen LogP contribution in [-0.4, -0.2) is 24.0 Å². The lowest BCUT2D eigenvalue weighted by molar-refractivity contribution is -0.126. The number of benzene rings is 3. The van der Waals surface area contributed by atoms with Crippen LogP contribution in [0.15, 0.2) is 84.9 Å². The molecule has 0 N–H and O–H groups in total. The van der Waals surface area contributed by atoms with Crippen molar-refractivity contribution in [2.24, 2.45) is 5.92 Å². The molecule has 0 saturated carbocycles. The van der Waals surface area contributed by atoms with Gasteiger partial charge in [0.1, 0.15) is 5.92 Å². The first-order valence-electron chi connectivity index (χ1n) is 10.1. The summed E-state index contributed by atoms with van der Waals surface area (Å²) in [7, 11) is 0. The number of hydroxylamine groups is 1. The molecule has 5 rings (SSSR count). The Hall–Kier alpha value is -3.12. The number of hydrogen-bond acceptors (Lipinski definition) is 4. The third-order valence-electron chi connectivity index (χ3n) is 5.59. The molecule has 3 unspecified atom stereocenters. The predicted octanol–water partition coefficient (Wildman–Crippen LogP) is 5.39. The van der Waals surface area contributed by atoms with Crippen molar-refractivity contribution >= 4 is 52.5 Å². The molecule has 2 amide bonds. The Morgan fingerprint density at radius 1 is 0.781 bits per heavy atom.